The number of pyridine rings is 1. The number of hydrogen-bond acceptors (Lipinski definition) is 4. The summed E-state index contributed by atoms with van der Waals surface area (Å²) in [6, 6.07) is 3.50. The van der Waals surface area contributed by atoms with Gasteiger partial charge in [-0.1, -0.05) is 11.8 Å². The molecule has 1 aliphatic heterocycles. The molecule has 2 heterocycles. The maximum atomic E-state index is 12.5. The third-order valence-corrected chi connectivity index (χ3v) is 3.66. The molecule has 112 valence electrons. The van der Waals surface area contributed by atoms with Gasteiger partial charge in [0.1, 0.15) is 5.69 Å². The van der Waals surface area contributed by atoms with E-state index in [1.807, 2.05) is 0 Å². The molecular weight excluding hydrogens is 268 g/mol. The van der Waals surface area contributed by atoms with E-state index in [0.717, 1.165) is 6.42 Å². The summed E-state index contributed by atoms with van der Waals surface area (Å²) >= 11 is 0. The molecule has 1 fully saturated rings. The van der Waals surface area contributed by atoms with Gasteiger partial charge in [-0.05, 0) is 25.5 Å². The van der Waals surface area contributed by atoms with Crippen molar-refractivity contribution in [3.05, 3.63) is 29.6 Å². The topological polar surface area (TPSA) is 73.7 Å². The number of hydrogen-bond donors (Lipinski definition) is 2. The van der Waals surface area contributed by atoms with Gasteiger partial charge < -0.3 is 15.1 Å². The second kappa shape index (κ2) is 7.21. The minimum Gasteiger partial charge on any atom is -0.395 e. The van der Waals surface area contributed by atoms with Crippen molar-refractivity contribution in [3.63, 3.8) is 0 Å². The number of likely N-dealkylation sites (tertiary alicyclic amines) is 1. The van der Waals surface area contributed by atoms with Gasteiger partial charge in [0.05, 0.1) is 18.3 Å². The largest absolute Gasteiger partial charge is 0.395 e. The quantitative estimate of drug-likeness (QED) is 0.801. The van der Waals surface area contributed by atoms with Crippen molar-refractivity contribution in [2.24, 2.45) is 5.92 Å². The van der Waals surface area contributed by atoms with Gasteiger partial charge in [-0.15, -0.1) is 0 Å². The number of aliphatic hydroxyl groups excluding tert-OH is 2. The van der Waals surface area contributed by atoms with Gasteiger partial charge in [0.25, 0.3) is 5.91 Å². The van der Waals surface area contributed by atoms with Crippen LogP contribution in [0.4, 0.5) is 0 Å². The second-order valence-electron chi connectivity index (χ2n) is 5.22. The molecule has 0 bridgehead atoms. The average molecular weight is 288 g/mol. The van der Waals surface area contributed by atoms with Crippen LogP contribution in [-0.4, -0.2) is 51.8 Å². The van der Waals surface area contributed by atoms with Gasteiger partial charge >= 0.3 is 0 Å². The lowest BCUT2D eigenvalue weighted by molar-refractivity contribution is 0.0756. The fraction of sp³-hybridized carbons (Fsp3) is 0.500. The average Bonchev–Trinajstić information content (AvgIpc) is 2.97. The van der Waals surface area contributed by atoms with Crippen LogP contribution in [0.5, 0.6) is 0 Å². The highest BCUT2D eigenvalue weighted by Crippen LogP contribution is 2.21. The number of amides is 1. The first kappa shape index (κ1) is 15.5. The first-order chi connectivity index (χ1) is 10.1. The van der Waals surface area contributed by atoms with Crippen LogP contribution in [0.2, 0.25) is 0 Å². The highest BCUT2D eigenvalue weighted by molar-refractivity contribution is 5.94. The molecule has 1 amide bonds. The molecule has 1 aliphatic rings. The van der Waals surface area contributed by atoms with Crippen molar-refractivity contribution < 1.29 is 15.0 Å². The molecule has 2 N–H and O–H groups in total. The van der Waals surface area contributed by atoms with E-state index in [2.05, 4.69) is 16.8 Å². The van der Waals surface area contributed by atoms with Gasteiger partial charge in [-0.2, -0.15) is 0 Å². The predicted octanol–water partition coefficient (Wildman–Crippen LogP) is 0.658. The molecule has 1 aromatic heterocycles. The van der Waals surface area contributed by atoms with Crippen LogP contribution in [0.3, 0.4) is 0 Å². The zero-order chi connectivity index (χ0) is 15.2. The van der Waals surface area contributed by atoms with Crippen molar-refractivity contribution in [3.8, 4) is 11.8 Å². The van der Waals surface area contributed by atoms with Crippen LogP contribution in [-0.2, 0) is 0 Å². The third-order valence-electron chi connectivity index (χ3n) is 3.66. The molecule has 0 radical (unpaired) electrons. The Morgan fingerprint density at radius 2 is 2.43 bits per heavy atom. The van der Waals surface area contributed by atoms with E-state index in [1.54, 1.807) is 30.2 Å². The van der Waals surface area contributed by atoms with Crippen LogP contribution in [0.25, 0.3) is 0 Å². The summed E-state index contributed by atoms with van der Waals surface area (Å²) in [6.45, 7) is 2.94. The summed E-state index contributed by atoms with van der Waals surface area (Å²) in [7, 11) is 0. The lowest BCUT2D eigenvalue weighted by atomic mass is 10.0. The molecular formula is C16H20N2O3. The number of aliphatic hydroxyl groups is 2. The van der Waals surface area contributed by atoms with E-state index in [0.29, 0.717) is 30.8 Å². The van der Waals surface area contributed by atoms with E-state index >= 15 is 0 Å². The molecule has 2 unspecified atom stereocenters. The van der Waals surface area contributed by atoms with Crippen molar-refractivity contribution in [2.45, 2.75) is 25.9 Å². The smallest absolute Gasteiger partial charge is 0.273 e. The second-order valence-corrected chi connectivity index (χ2v) is 5.22. The lowest BCUT2D eigenvalue weighted by Gasteiger charge is -2.17. The first-order valence-electron chi connectivity index (χ1n) is 7.15. The molecule has 2 atom stereocenters. The molecule has 0 aromatic carbocycles. The molecule has 5 nitrogen and oxygen atoms in total. The van der Waals surface area contributed by atoms with Crippen molar-refractivity contribution in [1.29, 1.82) is 0 Å². The van der Waals surface area contributed by atoms with Gasteiger partial charge in [-0.25, -0.2) is 4.98 Å². The number of carbonyl (C=O) groups excluding carboxylic acids is 1. The Balaban J connectivity index is 2.15. The zero-order valence-corrected chi connectivity index (χ0v) is 12.1. The van der Waals surface area contributed by atoms with Crippen molar-refractivity contribution in [2.75, 3.05) is 19.7 Å². The summed E-state index contributed by atoms with van der Waals surface area (Å²) in [6.07, 6.45) is 2.35. The van der Waals surface area contributed by atoms with Crippen LogP contribution in [0.15, 0.2) is 18.3 Å². The van der Waals surface area contributed by atoms with E-state index in [1.165, 1.54) is 0 Å². The molecule has 21 heavy (non-hydrogen) atoms. The van der Waals surface area contributed by atoms with Gasteiger partial charge in [0.2, 0.25) is 0 Å². The summed E-state index contributed by atoms with van der Waals surface area (Å²) in [4.78, 5) is 18.4. The zero-order valence-electron chi connectivity index (χ0n) is 12.1. The molecule has 0 saturated carbocycles. The Kier molecular flexibility index (Phi) is 5.32. The van der Waals surface area contributed by atoms with Crippen LogP contribution >= 0.6 is 0 Å². The fourth-order valence-electron chi connectivity index (χ4n) is 2.41. The minimum atomic E-state index is -0.407. The van der Waals surface area contributed by atoms with E-state index in [-0.39, 0.29) is 18.4 Å². The Morgan fingerprint density at radius 3 is 3.10 bits per heavy atom. The van der Waals surface area contributed by atoms with Crippen molar-refractivity contribution >= 4 is 5.91 Å². The molecule has 0 aliphatic carbocycles. The van der Waals surface area contributed by atoms with Crippen molar-refractivity contribution in [1.82, 2.24) is 9.88 Å². The van der Waals surface area contributed by atoms with Crippen LogP contribution < -0.4 is 0 Å². The van der Waals surface area contributed by atoms with Gasteiger partial charge in [-0.3, -0.25) is 4.79 Å². The summed E-state index contributed by atoms with van der Waals surface area (Å²) < 4.78 is 0. The lowest BCUT2D eigenvalue weighted by Crippen LogP contribution is -2.31. The maximum absolute atomic E-state index is 12.5. The predicted molar refractivity (Wildman–Crippen MR) is 78.5 cm³/mol. The first-order valence-corrected chi connectivity index (χ1v) is 7.15. The standard InChI is InChI=1S/C16H20N2O3/c1-12(20)14-7-9-18(11-14)16(21)15-13(5-2-3-10-19)6-4-8-17-15/h4,6,8,12,14,19-20H,3,7,9-11H2,1H3. The Bertz CT molecular complexity index is 560. The molecule has 1 aromatic rings. The summed E-state index contributed by atoms with van der Waals surface area (Å²) in [5, 5.41) is 18.4. The number of carbonyl (C=O) groups is 1. The SMILES string of the molecule is CC(O)C1CCN(C(=O)c2ncccc2C#CCCO)C1. The normalized spacial score (nSPS) is 19.0. The fourth-order valence-corrected chi connectivity index (χ4v) is 2.41. The number of aromatic nitrogens is 1. The monoisotopic (exact) mass is 288 g/mol. The Morgan fingerprint density at radius 1 is 1.62 bits per heavy atom. The highest BCUT2D eigenvalue weighted by Gasteiger charge is 2.30. The Labute approximate surface area is 124 Å². The highest BCUT2D eigenvalue weighted by atomic mass is 16.3. The summed E-state index contributed by atoms with van der Waals surface area (Å²) in [5.74, 6) is 5.68. The third kappa shape index (κ3) is 3.81. The van der Waals surface area contributed by atoms with Gasteiger partial charge in [0, 0.05) is 31.6 Å². The van der Waals surface area contributed by atoms with E-state index in [4.69, 9.17) is 5.11 Å². The summed E-state index contributed by atoms with van der Waals surface area (Å²) in [5.41, 5.74) is 0.922. The molecule has 0 spiro atoms. The Hall–Kier alpha value is -1.90. The number of rotatable bonds is 3. The minimum absolute atomic E-state index is 0.00125. The maximum Gasteiger partial charge on any atom is 0.273 e. The number of nitrogens with zero attached hydrogens (tertiary/aromatic N) is 2. The molecule has 1 saturated heterocycles. The van der Waals surface area contributed by atoms with Crippen LogP contribution in [0.1, 0.15) is 35.8 Å². The molecule has 2 rings (SSSR count). The van der Waals surface area contributed by atoms with Gasteiger partial charge in [0.15, 0.2) is 0 Å². The molecule has 5 heteroatoms. The van der Waals surface area contributed by atoms with E-state index in [9.17, 15) is 9.90 Å². The van der Waals surface area contributed by atoms with Crippen LogP contribution in [0, 0.1) is 17.8 Å². The van der Waals surface area contributed by atoms with E-state index < -0.39 is 6.10 Å².